The minimum absolute atomic E-state index is 1.10. The van der Waals surface area contributed by atoms with Gasteiger partial charge in [-0.05, 0) is 57.4 Å². The van der Waals surface area contributed by atoms with Crippen LogP contribution in [0.1, 0.15) is 37.5 Å². The third kappa shape index (κ3) is 7.53. The second kappa shape index (κ2) is 9.63. The highest BCUT2D eigenvalue weighted by Crippen LogP contribution is 2.11. The third-order valence-electron chi connectivity index (χ3n) is 2.83. The van der Waals surface area contributed by atoms with E-state index in [1.54, 1.807) is 0 Å². The average molecular weight is 254 g/mol. The van der Waals surface area contributed by atoms with Gasteiger partial charge in [0.25, 0.3) is 0 Å². The molecule has 1 heterocycles. The number of rotatable bonds is 10. The maximum absolute atomic E-state index is 3.45. The number of hydrogen-bond donors (Lipinski definition) is 1. The largest absolute Gasteiger partial charge is 0.317 e. The number of thiophene rings is 1. The third-order valence-corrected chi connectivity index (χ3v) is 3.69. The Bertz CT molecular complexity index is 259. The highest BCUT2D eigenvalue weighted by atomic mass is 32.1. The van der Waals surface area contributed by atoms with Crippen molar-refractivity contribution < 1.29 is 0 Å². The lowest BCUT2D eigenvalue weighted by Crippen LogP contribution is -2.19. The maximum atomic E-state index is 3.45. The molecule has 3 heteroatoms. The smallest absolute Gasteiger partial charge is 0.0324 e. The van der Waals surface area contributed by atoms with Crippen molar-refractivity contribution in [2.75, 3.05) is 26.7 Å². The highest BCUT2D eigenvalue weighted by molar-refractivity contribution is 7.09. The summed E-state index contributed by atoms with van der Waals surface area (Å²) in [6, 6.07) is 4.35. The van der Waals surface area contributed by atoms with Crippen LogP contribution in [0.4, 0.5) is 0 Å². The fourth-order valence-electron chi connectivity index (χ4n) is 1.86. The van der Waals surface area contributed by atoms with Gasteiger partial charge in [0.15, 0.2) is 0 Å². The van der Waals surface area contributed by atoms with Crippen molar-refractivity contribution in [3.05, 3.63) is 22.4 Å². The second-order valence-electron chi connectivity index (χ2n) is 4.63. The first-order valence-corrected chi connectivity index (χ1v) is 7.62. The summed E-state index contributed by atoms with van der Waals surface area (Å²) in [5.74, 6) is 0. The molecule has 0 fully saturated rings. The van der Waals surface area contributed by atoms with E-state index in [1.807, 2.05) is 11.3 Å². The summed E-state index contributed by atoms with van der Waals surface area (Å²) < 4.78 is 0. The minimum Gasteiger partial charge on any atom is -0.317 e. The van der Waals surface area contributed by atoms with Crippen molar-refractivity contribution in [1.82, 2.24) is 10.2 Å². The van der Waals surface area contributed by atoms with Crippen LogP contribution in [0.2, 0.25) is 0 Å². The first-order valence-electron chi connectivity index (χ1n) is 6.74. The van der Waals surface area contributed by atoms with Crippen molar-refractivity contribution in [3.8, 4) is 0 Å². The second-order valence-corrected chi connectivity index (χ2v) is 5.66. The lowest BCUT2D eigenvalue weighted by molar-refractivity contribution is 0.319. The van der Waals surface area contributed by atoms with Gasteiger partial charge in [0.1, 0.15) is 0 Å². The molecule has 0 aliphatic rings. The van der Waals surface area contributed by atoms with Crippen molar-refractivity contribution >= 4 is 11.3 Å². The summed E-state index contributed by atoms with van der Waals surface area (Å²) in [6.07, 6.45) is 5.21. The Labute approximate surface area is 110 Å². The lowest BCUT2D eigenvalue weighted by atomic mass is 10.2. The molecular weight excluding hydrogens is 228 g/mol. The zero-order chi connectivity index (χ0) is 12.3. The molecular formula is C14H26N2S. The fraction of sp³-hybridized carbons (Fsp3) is 0.714. The van der Waals surface area contributed by atoms with Crippen molar-refractivity contribution in [2.24, 2.45) is 0 Å². The Balaban J connectivity index is 1.92. The van der Waals surface area contributed by atoms with Crippen molar-refractivity contribution in [1.29, 1.82) is 0 Å². The molecule has 0 spiro atoms. The van der Waals surface area contributed by atoms with Gasteiger partial charge in [0.2, 0.25) is 0 Å². The molecule has 98 valence electrons. The van der Waals surface area contributed by atoms with E-state index in [0.29, 0.717) is 0 Å². The van der Waals surface area contributed by atoms with Crippen LogP contribution in [-0.2, 0) is 6.54 Å². The summed E-state index contributed by atoms with van der Waals surface area (Å²) in [5.41, 5.74) is 0. The summed E-state index contributed by atoms with van der Waals surface area (Å²) in [5, 5.41) is 5.60. The van der Waals surface area contributed by atoms with Gasteiger partial charge in [0, 0.05) is 11.4 Å². The summed E-state index contributed by atoms with van der Waals surface area (Å²) in [6.45, 7) is 6.88. The maximum Gasteiger partial charge on any atom is 0.0324 e. The Morgan fingerprint density at radius 2 is 2.12 bits per heavy atom. The molecule has 1 N–H and O–H groups in total. The molecule has 0 saturated carbocycles. The van der Waals surface area contributed by atoms with Crippen LogP contribution < -0.4 is 5.32 Å². The number of nitrogens with zero attached hydrogens (tertiary/aromatic N) is 1. The molecule has 0 unspecified atom stereocenters. The monoisotopic (exact) mass is 254 g/mol. The zero-order valence-electron chi connectivity index (χ0n) is 11.2. The van der Waals surface area contributed by atoms with Gasteiger partial charge in [-0.15, -0.1) is 11.3 Å². The van der Waals surface area contributed by atoms with E-state index in [4.69, 9.17) is 0 Å². The molecule has 0 aliphatic carbocycles. The quantitative estimate of drug-likeness (QED) is 0.644. The van der Waals surface area contributed by atoms with Crippen LogP contribution >= 0.6 is 11.3 Å². The minimum atomic E-state index is 1.10. The summed E-state index contributed by atoms with van der Waals surface area (Å²) >= 11 is 1.85. The molecule has 0 atom stereocenters. The lowest BCUT2D eigenvalue weighted by Gasteiger charge is -2.15. The molecule has 1 rings (SSSR count). The van der Waals surface area contributed by atoms with Gasteiger partial charge in [-0.25, -0.2) is 0 Å². The molecule has 0 amide bonds. The topological polar surface area (TPSA) is 15.3 Å². The normalized spacial score (nSPS) is 11.2. The Morgan fingerprint density at radius 1 is 1.24 bits per heavy atom. The number of nitrogens with one attached hydrogen (secondary N) is 1. The van der Waals surface area contributed by atoms with Crippen LogP contribution in [-0.4, -0.2) is 31.6 Å². The van der Waals surface area contributed by atoms with E-state index in [9.17, 15) is 0 Å². The van der Waals surface area contributed by atoms with Crippen LogP contribution in [0.5, 0.6) is 0 Å². The molecule has 17 heavy (non-hydrogen) atoms. The zero-order valence-corrected chi connectivity index (χ0v) is 12.1. The first kappa shape index (κ1) is 14.7. The van der Waals surface area contributed by atoms with Crippen LogP contribution in [0.15, 0.2) is 17.5 Å². The van der Waals surface area contributed by atoms with E-state index < -0.39 is 0 Å². The van der Waals surface area contributed by atoms with E-state index in [0.717, 1.165) is 13.1 Å². The van der Waals surface area contributed by atoms with E-state index in [2.05, 4.69) is 41.7 Å². The molecule has 1 aromatic rings. The average Bonchev–Trinajstić information content (AvgIpc) is 2.80. The van der Waals surface area contributed by atoms with Gasteiger partial charge < -0.3 is 10.2 Å². The van der Waals surface area contributed by atoms with Crippen molar-refractivity contribution in [3.63, 3.8) is 0 Å². The molecule has 0 radical (unpaired) electrons. The van der Waals surface area contributed by atoms with Crippen molar-refractivity contribution in [2.45, 2.75) is 39.2 Å². The number of unbranched alkanes of at least 4 members (excludes halogenated alkanes) is 2. The molecule has 0 aliphatic heterocycles. The van der Waals surface area contributed by atoms with Gasteiger partial charge in [-0.3, -0.25) is 0 Å². The molecule has 0 aromatic carbocycles. The van der Waals surface area contributed by atoms with Gasteiger partial charge in [-0.2, -0.15) is 0 Å². The predicted octanol–water partition coefficient (Wildman–Crippen LogP) is 3.35. The first-order chi connectivity index (χ1) is 8.33. The predicted molar refractivity (Wildman–Crippen MR) is 77.7 cm³/mol. The fourth-order valence-corrected chi connectivity index (χ4v) is 2.64. The summed E-state index contributed by atoms with van der Waals surface area (Å²) in [7, 11) is 2.22. The standard InChI is InChI=1S/C14H26N2S/c1-3-9-15-10-5-4-6-11-16(2)13-14-8-7-12-17-14/h7-8,12,15H,3-6,9-11,13H2,1-2H3. The molecule has 2 nitrogen and oxygen atoms in total. The SMILES string of the molecule is CCCNCCCCCN(C)Cc1cccs1. The highest BCUT2D eigenvalue weighted by Gasteiger charge is 2.00. The Morgan fingerprint density at radius 3 is 2.82 bits per heavy atom. The number of hydrogen-bond acceptors (Lipinski definition) is 3. The van der Waals surface area contributed by atoms with Gasteiger partial charge in [-0.1, -0.05) is 19.4 Å². The van der Waals surface area contributed by atoms with Gasteiger partial charge in [0.05, 0.1) is 0 Å². The van der Waals surface area contributed by atoms with Gasteiger partial charge >= 0.3 is 0 Å². The molecule has 1 aromatic heterocycles. The van der Waals surface area contributed by atoms with E-state index in [-0.39, 0.29) is 0 Å². The van der Waals surface area contributed by atoms with Crippen LogP contribution in [0.25, 0.3) is 0 Å². The Kier molecular flexibility index (Phi) is 8.32. The molecule has 0 bridgehead atoms. The van der Waals surface area contributed by atoms with Crippen LogP contribution in [0.3, 0.4) is 0 Å². The van der Waals surface area contributed by atoms with E-state index in [1.165, 1.54) is 43.6 Å². The Hall–Kier alpha value is -0.380. The summed E-state index contributed by atoms with van der Waals surface area (Å²) in [4.78, 5) is 3.89. The molecule has 0 saturated heterocycles. The van der Waals surface area contributed by atoms with E-state index >= 15 is 0 Å². The van der Waals surface area contributed by atoms with Crippen LogP contribution in [0, 0.1) is 0 Å².